The highest BCUT2D eigenvalue weighted by atomic mass is 79.9. The molecule has 2 N–H and O–H groups in total. The molecule has 37 heavy (non-hydrogen) atoms. The van der Waals surface area contributed by atoms with Gasteiger partial charge in [0.05, 0.1) is 30.6 Å². The van der Waals surface area contributed by atoms with Crippen molar-refractivity contribution in [3.8, 4) is 0 Å². The zero-order valence-electron chi connectivity index (χ0n) is 19.2. The Morgan fingerprint density at radius 3 is 2.62 bits per heavy atom. The van der Waals surface area contributed by atoms with E-state index in [4.69, 9.17) is 33.3 Å². The number of benzene rings is 3. The number of anilines is 1. The number of hydrogen-bond donors (Lipinski definition) is 2. The van der Waals surface area contributed by atoms with Gasteiger partial charge >= 0.3 is 5.38 Å². The molecule has 192 valence electrons. The topological polar surface area (TPSA) is 68.3 Å². The minimum atomic E-state index is -3.32. The first-order valence-electron chi connectivity index (χ1n) is 11.4. The Morgan fingerprint density at radius 1 is 1.19 bits per heavy atom. The minimum absolute atomic E-state index is 0.201. The van der Waals surface area contributed by atoms with Gasteiger partial charge in [-0.2, -0.15) is 8.78 Å². The summed E-state index contributed by atoms with van der Waals surface area (Å²) in [4.78, 5) is 16.1. The second-order valence-electron chi connectivity index (χ2n) is 8.67. The van der Waals surface area contributed by atoms with Crippen LogP contribution in [0, 0.1) is 4.77 Å². The lowest BCUT2D eigenvalue weighted by Gasteiger charge is -2.13. The first kappa shape index (κ1) is 26.0. The fourth-order valence-electron chi connectivity index (χ4n) is 4.23. The number of aromatic amines is 1. The van der Waals surface area contributed by atoms with E-state index in [9.17, 15) is 13.6 Å². The molecular formula is C26H21BrClF2N3O3S. The molecule has 1 fully saturated rings. The highest BCUT2D eigenvalue weighted by Crippen LogP contribution is 2.31. The number of aromatic nitrogens is 2. The summed E-state index contributed by atoms with van der Waals surface area (Å²) in [5, 5.41) is -0.539. The van der Waals surface area contributed by atoms with Gasteiger partial charge < -0.3 is 24.3 Å². The monoisotopic (exact) mass is 607 g/mol. The number of carbonyl (C=O) groups is 1. The number of hydrogen-bond acceptors (Lipinski definition) is 4. The Balaban J connectivity index is 1.31. The number of amides is 1. The van der Waals surface area contributed by atoms with Crippen LogP contribution in [0.2, 0.25) is 0 Å². The summed E-state index contributed by atoms with van der Waals surface area (Å²) in [7, 11) is 0. The Labute approximate surface area is 229 Å². The second kappa shape index (κ2) is 10.6. The molecule has 1 amide bonds. The molecule has 2 heterocycles. The molecule has 0 aliphatic carbocycles. The summed E-state index contributed by atoms with van der Waals surface area (Å²) in [6.07, 6.45) is -1.22. The van der Waals surface area contributed by atoms with E-state index < -0.39 is 18.1 Å². The van der Waals surface area contributed by atoms with Crippen molar-refractivity contribution in [2.75, 3.05) is 11.9 Å². The number of alkyl halides is 3. The summed E-state index contributed by atoms with van der Waals surface area (Å²) in [6.45, 7) is 0.896. The number of rotatable bonds is 7. The van der Waals surface area contributed by atoms with E-state index in [-0.39, 0.29) is 12.0 Å². The van der Waals surface area contributed by atoms with E-state index in [1.54, 1.807) is 24.3 Å². The zero-order valence-corrected chi connectivity index (χ0v) is 22.4. The fourth-order valence-corrected chi connectivity index (χ4v) is 5.34. The van der Waals surface area contributed by atoms with E-state index >= 15 is 0 Å². The number of ether oxygens (including phenoxy) is 2. The minimum Gasteiger partial charge on any atom is -0.346 e. The number of imidazole rings is 1. The first-order chi connectivity index (χ1) is 17.7. The third-order valence-electron chi connectivity index (χ3n) is 5.91. The standard InChI is InChI=1S/C26H21BrClF2N3O3S/c27-20-10-17(23(34)31-18-8-6-15(7-9-18)12-26(28,29)30)11-21-22(20)33(25(37)32-21)13-19-14-35-24(36-19)16-4-2-1-3-5-16/h1-11,19,24H,12-14H2,(H,31,34)(H,32,37)/t19-,24?/m0/s1. The molecule has 6 nitrogen and oxygen atoms in total. The van der Waals surface area contributed by atoms with Crippen LogP contribution < -0.4 is 5.32 Å². The van der Waals surface area contributed by atoms with Gasteiger partial charge in [0.1, 0.15) is 6.10 Å². The van der Waals surface area contributed by atoms with Crippen molar-refractivity contribution in [3.63, 3.8) is 0 Å². The van der Waals surface area contributed by atoms with Crippen molar-refractivity contribution in [2.45, 2.75) is 30.7 Å². The molecule has 1 saturated heterocycles. The lowest BCUT2D eigenvalue weighted by atomic mass is 10.1. The molecular weight excluding hydrogens is 588 g/mol. The number of nitrogens with one attached hydrogen (secondary N) is 2. The van der Waals surface area contributed by atoms with Gasteiger partial charge in [0, 0.05) is 21.3 Å². The Bertz CT molecular complexity index is 1490. The Kier molecular flexibility index (Phi) is 7.46. The summed E-state index contributed by atoms with van der Waals surface area (Å²) in [6, 6.07) is 19.3. The van der Waals surface area contributed by atoms with E-state index in [1.807, 2.05) is 34.9 Å². The van der Waals surface area contributed by atoms with Gasteiger partial charge in [-0.3, -0.25) is 4.79 Å². The van der Waals surface area contributed by atoms with Crippen LogP contribution >= 0.6 is 39.7 Å². The average Bonchev–Trinajstić information content (AvgIpc) is 3.44. The first-order valence-corrected chi connectivity index (χ1v) is 13.0. The lowest BCUT2D eigenvalue weighted by Crippen LogP contribution is -2.18. The van der Waals surface area contributed by atoms with Crippen LogP contribution in [0.1, 0.15) is 27.8 Å². The van der Waals surface area contributed by atoms with E-state index in [2.05, 4.69) is 26.2 Å². The normalized spacial score (nSPS) is 17.8. The summed E-state index contributed by atoms with van der Waals surface area (Å²) < 4.78 is 41.0. The van der Waals surface area contributed by atoms with Crippen molar-refractivity contribution in [2.24, 2.45) is 0 Å². The largest absolute Gasteiger partial charge is 0.346 e. The van der Waals surface area contributed by atoms with E-state index in [0.29, 0.717) is 44.7 Å². The molecule has 11 heteroatoms. The predicted molar refractivity (Wildman–Crippen MR) is 144 cm³/mol. The number of H-pyrrole nitrogens is 1. The van der Waals surface area contributed by atoms with Crippen LogP contribution in [0.5, 0.6) is 0 Å². The molecule has 1 aliphatic rings. The van der Waals surface area contributed by atoms with Crippen LogP contribution in [0.4, 0.5) is 14.5 Å². The van der Waals surface area contributed by atoms with Crippen molar-refractivity contribution in [1.82, 2.24) is 9.55 Å². The summed E-state index contributed by atoms with van der Waals surface area (Å²) >= 11 is 14.1. The Morgan fingerprint density at radius 2 is 1.92 bits per heavy atom. The second-order valence-corrected chi connectivity index (χ2v) is 10.5. The van der Waals surface area contributed by atoms with Crippen molar-refractivity contribution < 1.29 is 23.0 Å². The molecule has 1 unspecified atom stereocenters. The van der Waals surface area contributed by atoms with Gasteiger partial charge in [-0.1, -0.05) is 42.5 Å². The van der Waals surface area contributed by atoms with E-state index in [0.717, 1.165) is 11.1 Å². The van der Waals surface area contributed by atoms with Gasteiger partial charge in [-0.25, -0.2) is 0 Å². The van der Waals surface area contributed by atoms with Crippen molar-refractivity contribution in [3.05, 3.63) is 92.7 Å². The van der Waals surface area contributed by atoms with Crippen LogP contribution in [0.25, 0.3) is 11.0 Å². The Hall–Kier alpha value is -2.63. The number of halogens is 4. The highest BCUT2D eigenvalue weighted by molar-refractivity contribution is 9.10. The zero-order chi connectivity index (χ0) is 26.2. The molecule has 5 rings (SSSR count). The van der Waals surface area contributed by atoms with Gasteiger partial charge in [0.15, 0.2) is 11.1 Å². The molecule has 0 radical (unpaired) electrons. The quantitative estimate of drug-likeness (QED) is 0.172. The average molecular weight is 609 g/mol. The molecule has 0 spiro atoms. The van der Waals surface area contributed by atoms with Crippen LogP contribution in [-0.2, 0) is 22.4 Å². The molecule has 0 saturated carbocycles. The predicted octanol–water partition coefficient (Wildman–Crippen LogP) is 7.20. The van der Waals surface area contributed by atoms with Crippen LogP contribution in [0.3, 0.4) is 0 Å². The molecule has 0 bridgehead atoms. The van der Waals surface area contributed by atoms with E-state index in [1.165, 1.54) is 12.1 Å². The molecule has 3 aromatic carbocycles. The third kappa shape index (κ3) is 6.10. The molecule has 1 aliphatic heterocycles. The smallest absolute Gasteiger partial charge is 0.325 e. The van der Waals surface area contributed by atoms with Crippen LogP contribution in [-0.4, -0.2) is 33.6 Å². The van der Waals surface area contributed by atoms with Crippen molar-refractivity contribution in [1.29, 1.82) is 0 Å². The van der Waals surface area contributed by atoms with Gasteiger partial charge in [-0.15, -0.1) is 0 Å². The SMILES string of the molecule is O=C(Nc1ccc(CC(F)(F)Cl)cc1)c1cc(Br)c2c(c1)[nH]c(=S)n2C[C@H]1COC(c2ccccc2)O1. The van der Waals surface area contributed by atoms with Crippen LogP contribution in [0.15, 0.2) is 71.2 Å². The molecule has 4 aromatic rings. The molecule has 1 aromatic heterocycles. The maximum Gasteiger partial charge on any atom is 0.325 e. The third-order valence-corrected chi connectivity index (χ3v) is 6.97. The maximum absolute atomic E-state index is 13.0. The number of carbonyl (C=O) groups excluding carboxylic acids is 1. The summed E-state index contributed by atoms with van der Waals surface area (Å²) in [5.41, 5.74) is 3.67. The summed E-state index contributed by atoms with van der Waals surface area (Å²) in [5.74, 6) is -0.358. The van der Waals surface area contributed by atoms with Crippen molar-refractivity contribution >= 4 is 62.4 Å². The van der Waals surface area contributed by atoms with Gasteiger partial charge in [0.25, 0.3) is 5.91 Å². The molecule has 2 atom stereocenters. The van der Waals surface area contributed by atoms with Gasteiger partial charge in [-0.05, 0) is 69.6 Å². The fraction of sp³-hybridized carbons (Fsp3) is 0.231. The lowest BCUT2D eigenvalue weighted by molar-refractivity contribution is -0.0622. The maximum atomic E-state index is 13.0. The van der Waals surface area contributed by atoms with Gasteiger partial charge in [0.2, 0.25) is 0 Å². The number of nitrogens with zero attached hydrogens (tertiary/aromatic N) is 1. The number of fused-ring (bicyclic) bond motifs is 1. The highest BCUT2D eigenvalue weighted by Gasteiger charge is 2.28.